The number of nitrogens with one attached hydrogen (secondary N) is 1. The molecule has 0 saturated carbocycles. The van der Waals surface area contributed by atoms with Gasteiger partial charge in [0.15, 0.2) is 0 Å². The molecule has 0 atom stereocenters. The second-order valence-corrected chi connectivity index (χ2v) is 4.68. The highest BCUT2D eigenvalue weighted by atomic mass is 32.1. The summed E-state index contributed by atoms with van der Waals surface area (Å²) in [6.07, 6.45) is 0. The number of H-pyrrole nitrogens is 1. The number of hydrogen-bond donors (Lipinski definition) is 2. The largest absolute Gasteiger partial charge is 0.358 e. The number of benzene rings is 1. The van der Waals surface area contributed by atoms with Gasteiger partial charge >= 0.3 is 0 Å². The zero-order valence-corrected chi connectivity index (χ0v) is 10.7. The van der Waals surface area contributed by atoms with E-state index in [0.717, 1.165) is 18.8 Å². The third kappa shape index (κ3) is 2.25. The summed E-state index contributed by atoms with van der Waals surface area (Å²) in [7, 11) is 2.14. The Morgan fingerprint density at radius 2 is 2.06 bits per heavy atom. The van der Waals surface area contributed by atoms with Gasteiger partial charge < -0.3 is 9.88 Å². The third-order valence-corrected chi connectivity index (χ3v) is 3.14. The number of thiol groups is 1. The van der Waals surface area contributed by atoms with Crippen molar-refractivity contribution in [3.8, 4) is 0 Å². The van der Waals surface area contributed by atoms with Crippen molar-refractivity contribution >= 4 is 23.5 Å². The number of aromatic amines is 1. The Hall–Kier alpha value is -0.930. The molecular weight excluding hydrogens is 216 g/mol. The van der Waals surface area contributed by atoms with E-state index < -0.39 is 0 Å². The van der Waals surface area contributed by atoms with Crippen LogP contribution in [-0.2, 0) is 6.54 Å². The van der Waals surface area contributed by atoms with Crippen LogP contribution in [0.3, 0.4) is 0 Å². The molecule has 0 spiro atoms. The van der Waals surface area contributed by atoms with E-state index in [4.69, 9.17) is 0 Å². The van der Waals surface area contributed by atoms with Gasteiger partial charge in [0.05, 0.1) is 0 Å². The van der Waals surface area contributed by atoms with Crippen molar-refractivity contribution in [3.05, 3.63) is 35.5 Å². The van der Waals surface area contributed by atoms with Crippen LogP contribution in [0.15, 0.2) is 24.3 Å². The Bertz CT molecular complexity index is 476. The predicted molar refractivity (Wildman–Crippen MR) is 73.2 cm³/mol. The smallest absolute Gasteiger partial charge is 0.0459 e. The molecule has 0 aliphatic heterocycles. The molecular formula is C13H18N2S. The summed E-state index contributed by atoms with van der Waals surface area (Å²) in [4.78, 5) is 5.73. The maximum atomic E-state index is 4.26. The zero-order chi connectivity index (χ0) is 11.5. The molecule has 1 aromatic heterocycles. The van der Waals surface area contributed by atoms with Crippen LogP contribution in [0.25, 0.3) is 10.9 Å². The van der Waals surface area contributed by atoms with E-state index in [-0.39, 0.29) is 0 Å². The zero-order valence-electron chi connectivity index (χ0n) is 9.83. The summed E-state index contributed by atoms with van der Waals surface area (Å²) in [6.45, 7) is 4.14. The minimum atomic E-state index is 0.901. The molecule has 0 radical (unpaired) electrons. The van der Waals surface area contributed by atoms with E-state index in [0.29, 0.717) is 0 Å². The van der Waals surface area contributed by atoms with Gasteiger partial charge in [-0.2, -0.15) is 12.6 Å². The van der Waals surface area contributed by atoms with Crippen LogP contribution in [0.2, 0.25) is 0 Å². The van der Waals surface area contributed by atoms with Gasteiger partial charge in [0.2, 0.25) is 0 Å². The maximum absolute atomic E-state index is 4.26. The van der Waals surface area contributed by atoms with E-state index in [1.807, 2.05) is 0 Å². The van der Waals surface area contributed by atoms with E-state index >= 15 is 0 Å². The number of hydrogen-bond acceptors (Lipinski definition) is 2. The second-order valence-electron chi connectivity index (χ2n) is 4.24. The Labute approximate surface area is 102 Å². The highest BCUT2D eigenvalue weighted by molar-refractivity contribution is 7.80. The molecule has 0 bridgehead atoms. The Morgan fingerprint density at radius 1 is 1.31 bits per heavy atom. The van der Waals surface area contributed by atoms with Crippen molar-refractivity contribution in [2.75, 3.05) is 19.3 Å². The third-order valence-electron chi connectivity index (χ3n) is 2.94. The van der Waals surface area contributed by atoms with Gasteiger partial charge in [-0.1, -0.05) is 18.2 Å². The molecule has 86 valence electrons. The molecule has 3 heteroatoms. The van der Waals surface area contributed by atoms with Crippen molar-refractivity contribution in [1.29, 1.82) is 0 Å². The molecule has 2 nitrogen and oxygen atoms in total. The molecule has 2 rings (SSSR count). The van der Waals surface area contributed by atoms with Crippen molar-refractivity contribution < 1.29 is 0 Å². The normalized spacial score (nSPS) is 11.5. The first-order valence-corrected chi connectivity index (χ1v) is 6.21. The molecule has 0 saturated heterocycles. The SMILES string of the molecule is Cc1[nH]c2ccccc2c1CN(C)CCS. The van der Waals surface area contributed by atoms with Crippen LogP contribution in [0.4, 0.5) is 0 Å². The number of nitrogens with zero attached hydrogens (tertiary/aromatic N) is 1. The topological polar surface area (TPSA) is 19.0 Å². The lowest BCUT2D eigenvalue weighted by Crippen LogP contribution is -2.20. The molecule has 1 N–H and O–H groups in total. The molecule has 0 aliphatic carbocycles. The highest BCUT2D eigenvalue weighted by Gasteiger charge is 2.09. The van der Waals surface area contributed by atoms with Gasteiger partial charge in [-0.15, -0.1) is 0 Å². The lowest BCUT2D eigenvalue weighted by molar-refractivity contribution is 0.349. The minimum absolute atomic E-state index is 0.901. The number of aryl methyl sites for hydroxylation is 1. The minimum Gasteiger partial charge on any atom is -0.358 e. The summed E-state index contributed by atoms with van der Waals surface area (Å²) in [5.41, 5.74) is 3.90. The number of fused-ring (bicyclic) bond motifs is 1. The maximum Gasteiger partial charge on any atom is 0.0459 e. The van der Waals surface area contributed by atoms with Crippen LogP contribution in [-0.4, -0.2) is 29.2 Å². The molecule has 0 amide bonds. The summed E-state index contributed by atoms with van der Waals surface area (Å²) in [5.74, 6) is 0.901. The second kappa shape index (κ2) is 4.93. The Morgan fingerprint density at radius 3 is 2.81 bits per heavy atom. The Kier molecular flexibility index (Phi) is 3.56. The molecule has 0 fully saturated rings. The summed E-state index contributed by atoms with van der Waals surface area (Å²) in [6, 6.07) is 8.48. The molecule has 1 aromatic carbocycles. The van der Waals surface area contributed by atoms with Crippen LogP contribution in [0.1, 0.15) is 11.3 Å². The molecule has 0 aliphatic rings. The standard InChI is InChI=1S/C13H18N2S/c1-10-12(9-15(2)7-8-16)11-5-3-4-6-13(11)14-10/h3-6,14,16H,7-9H2,1-2H3. The monoisotopic (exact) mass is 234 g/mol. The van der Waals surface area contributed by atoms with Gasteiger partial charge in [0.25, 0.3) is 0 Å². The number of rotatable bonds is 4. The van der Waals surface area contributed by atoms with Crippen molar-refractivity contribution in [1.82, 2.24) is 9.88 Å². The van der Waals surface area contributed by atoms with E-state index in [9.17, 15) is 0 Å². The van der Waals surface area contributed by atoms with Crippen molar-refractivity contribution in [2.45, 2.75) is 13.5 Å². The van der Waals surface area contributed by atoms with Crippen LogP contribution in [0.5, 0.6) is 0 Å². The lowest BCUT2D eigenvalue weighted by Gasteiger charge is -2.15. The van der Waals surface area contributed by atoms with Crippen molar-refractivity contribution in [2.24, 2.45) is 0 Å². The molecule has 16 heavy (non-hydrogen) atoms. The molecule has 0 unspecified atom stereocenters. The van der Waals surface area contributed by atoms with E-state index in [1.165, 1.54) is 22.2 Å². The number of para-hydroxylation sites is 1. The summed E-state index contributed by atoms with van der Waals surface area (Å²) >= 11 is 4.26. The average Bonchev–Trinajstić information content (AvgIpc) is 2.56. The average molecular weight is 234 g/mol. The van der Waals surface area contributed by atoms with Crippen molar-refractivity contribution in [3.63, 3.8) is 0 Å². The first-order chi connectivity index (χ1) is 7.72. The number of aromatic nitrogens is 1. The van der Waals surface area contributed by atoms with Gasteiger partial charge in [-0.25, -0.2) is 0 Å². The predicted octanol–water partition coefficient (Wildman–Crippen LogP) is 2.84. The van der Waals surface area contributed by atoms with Gasteiger partial charge in [0, 0.05) is 35.4 Å². The van der Waals surface area contributed by atoms with Crippen LogP contribution in [0, 0.1) is 6.92 Å². The highest BCUT2D eigenvalue weighted by Crippen LogP contribution is 2.22. The van der Waals surface area contributed by atoms with Crippen LogP contribution < -0.4 is 0 Å². The van der Waals surface area contributed by atoms with Crippen LogP contribution >= 0.6 is 12.6 Å². The fourth-order valence-electron chi connectivity index (χ4n) is 2.06. The quantitative estimate of drug-likeness (QED) is 0.779. The summed E-state index contributed by atoms with van der Waals surface area (Å²) in [5, 5.41) is 1.34. The Balaban J connectivity index is 2.32. The van der Waals surface area contributed by atoms with Gasteiger partial charge in [0.1, 0.15) is 0 Å². The first-order valence-electron chi connectivity index (χ1n) is 5.58. The van der Waals surface area contributed by atoms with Gasteiger partial charge in [-0.05, 0) is 25.6 Å². The molecule has 2 aromatic rings. The van der Waals surface area contributed by atoms with E-state index in [2.05, 4.69) is 60.7 Å². The van der Waals surface area contributed by atoms with Gasteiger partial charge in [-0.3, -0.25) is 0 Å². The fraction of sp³-hybridized carbons (Fsp3) is 0.385. The lowest BCUT2D eigenvalue weighted by atomic mass is 10.1. The molecule has 1 heterocycles. The fourth-order valence-corrected chi connectivity index (χ4v) is 2.40. The summed E-state index contributed by atoms with van der Waals surface area (Å²) < 4.78 is 0. The van der Waals surface area contributed by atoms with E-state index in [1.54, 1.807) is 0 Å². The first kappa shape index (κ1) is 11.6.